The number of nitrogens with one attached hydrogen (secondary N) is 2. The summed E-state index contributed by atoms with van der Waals surface area (Å²) in [6.45, 7) is 1.44. The standard InChI is InChI=1S/C18H19N3O2/c1-14(22)20-17-11-9-16(10-12-17)18(23)21-19-13-5-8-15-6-3-2-4-7-15/h2-4,6-7,9-13H,5,8H2,1H3,(H,20,22)(H,21,23). The van der Waals surface area contributed by atoms with E-state index in [9.17, 15) is 9.59 Å². The molecule has 0 saturated heterocycles. The largest absolute Gasteiger partial charge is 0.326 e. The Bertz CT molecular complexity index is 679. The zero-order chi connectivity index (χ0) is 16.5. The number of nitrogens with zero attached hydrogens (tertiary/aromatic N) is 1. The molecule has 0 heterocycles. The topological polar surface area (TPSA) is 70.6 Å². The van der Waals surface area contributed by atoms with Crippen molar-refractivity contribution in [2.75, 3.05) is 5.32 Å². The van der Waals surface area contributed by atoms with Crippen LogP contribution in [0.15, 0.2) is 59.7 Å². The van der Waals surface area contributed by atoms with E-state index in [-0.39, 0.29) is 11.8 Å². The Morgan fingerprint density at radius 2 is 1.74 bits per heavy atom. The summed E-state index contributed by atoms with van der Waals surface area (Å²) in [6, 6.07) is 16.7. The first kappa shape index (κ1) is 16.4. The molecule has 0 aliphatic heterocycles. The molecule has 0 aromatic heterocycles. The molecule has 23 heavy (non-hydrogen) atoms. The van der Waals surface area contributed by atoms with Crippen LogP contribution < -0.4 is 10.7 Å². The van der Waals surface area contributed by atoms with Gasteiger partial charge in [0.2, 0.25) is 5.91 Å². The lowest BCUT2D eigenvalue weighted by molar-refractivity contribution is -0.114. The molecule has 2 amide bonds. The van der Waals surface area contributed by atoms with Crippen molar-refractivity contribution in [1.82, 2.24) is 5.43 Å². The van der Waals surface area contributed by atoms with Crippen molar-refractivity contribution in [2.24, 2.45) is 5.10 Å². The van der Waals surface area contributed by atoms with Gasteiger partial charge in [0.25, 0.3) is 5.91 Å². The van der Waals surface area contributed by atoms with Crippen LogP contribution in [-0.2, 0) is 11.2 Å². The number of amides is 2. The van der Waals surface area contributed by atoms with Crippen molar-refractivity contribution in [1.29, 1.82) is 0 Å². The number of hydrogen-bond acceptors (Lipinski definition) is 3. The first-order valence-corrected chi connectivity index (χ1v) is 7.38. The SMILES string of the molecule is CC(=O)Nc1ccc(C(=O)NN=CCCc2ccccc2)cc1. The van der Waals surface area contributed by atoms with E-state index in [0.717, 1.165) is 12.8 Å². The van der Waals surface area contributed by atoms with Crippen molar-refractivity contribution in [3.05, 3.63) is 65.7 Å². The molecule has 0 spiro atoms. The van der Waals surface area contributed by atoms with Crippen LogP contribution in [0.1, 0.15) is 29.3 Å². The third-order valence-corrected chi connectivity index (χ3v) is 3.13. The number of benzene rings is 2. The van der Waals surface area contributed by atoms with E-state index in [1.165, 1.54) is 12.5 Å². The van der Waals surface area contributed by atoms with Crippen molar-refractivity contribution >= 4 is 23.7 Å². The summed E-state index contributed by atoms with van der Waals surface area (Å²) in [4.78, 5) is 22.8. The monoisotopic (exact) mass is 309 g/mol. The number of hydrogen-bond donors (Lipinski definition) is 2. The molecule has 5 heteroatoms. The predicted molar refractivity (Wildman–Crippen MR) is 91.5 cm³/mol. The Hall–Kier alpha value is -2.95. The second-order valence-electron chi connectivity index (χ2n) is 5.04. The lowest BCUT2D eigenvalue weighted by Crippen LogP contribution is -2.17. The first-order chi connectivity index (χ1) is 11.1. The van der Waals surface area contributed by atoms with Gasteiger partial charge in [0.05, 0.1) is 0 Å². The van der Waals surface area contributed by atoms with Gasteiger partial charge < -0.3 is 5.32 Å². The molecule has 0 saturated carbocycles. The van der Waals surface area contributed by atoms with Gasteiger partial charge in [0.1, 0.15) is 0 Å². The molecule has 2 aromatic rings. The van der Waals surface area contributed by atoms with E-state index in [1.807, 2.05) is 18.2 Å². The second kappa shape index (κ2) is 8.48. The highest BCUT2D eigenvalue weighted by molar-refractivity contribution is 5.95. The molecule has 0 aliphatic carbocycles. The van der Waals surface area contributed by atoms with Crippen LogP contribution in [0.25, 0.3) is 0 Å². The van der Waals surface area contributed by atoms with Crippen LogP contribution in [-0.4, -0.2) is 18.0 Å². The Labute approximate surface area is 135 Å². The maximum Gasteiger partial charge on any atom is 0.271 e. The average molecular weight is 309 g/mol. The number of aryl methyl sites for hydroxylation is 1. The van der Waals surface area contributed by atoms with E-state index in [1.54, 1.807) is 30.5 Å². The zero-order valence-electron chi connectivity index (χ0n) is 13.0. The van der Waals surface area contributed by atoms with Gasteiger partial charge in [0, 0.05) is 24.4 Å². The van der Waals surface area contributed by atoms with E-state index in [2.05, 4.69) is 28.0 Å². The molecule has 0 bridgehead atoms. The zero-order valence-corrected chi connectivity index (χ0v) is 13.0. The molecule has 0 unspecified atom stereocenters. The molecule has 0 atom stereocenters. The summed E-state index contributed by atoms with van der Waals surface area (Å²) in [5.74, 6) is -0.430. The maximum absolute atomic E-state index is 11.9. The van der Waals surface area contributed by atoms with Gasteiger partial charge in [0.15, 0.2) is 0 Å². The number of rotatable bonds is 6. The summed E-state index contributed by atoms with van der Waals surface area (Å²) in [6.07, 6.45) is 3.33. The van der Waals surface area contributed by atoms with Crippen LogP contribution in [0.2, 0.25) is 0 Å². The number of anilines is 1. The molecule has 0 radical (unpaired) electrons. The summed E-state index contributed by atoms with van der Waals surface area (Å²) >= 11 is 0. The fourth-order valence-electron chi connectivity index (χ4n) is 2.02. The summed E-state index contributed by atoms with van der Waals surface area (Å²) < 4.78 is 0. The average Bonchev–Trinajstić information content (AvgIpc) is 2.55. The fourth-order valence-corrected chi connectivity index (χ4v) is 2.02. The van der Waals surface area contributed by atoms with Crippen LogP contribution in [0.5, 0.6) is 0 Å². The number of hydrazone groups is 1. The van der Waals surface area contributed by atoms with E-state index >= 15 is 0 Å². The molecule has 118 valence electrons. The summed E-state index contributed by atoms with van der Waals surface area (Å²) in [5.41, 5.74) is 4.86. The van der Waals surface area contributed by atoms with Gasteiger partial charge in [-0.1, -0.05) is 30.3 Å². The second-order valence-corrected chi connectivity index (χ2v) is 5.04. The lowest BCUT2D eigenvalue weighted by atomic mass is 10.1. The quantitative estimate of drug-likeness (QED) is 0.636. The highest BCUT2D eigenvalue weighted by atomic mass is 16.2. The third-order valence-electron chi connectivity index (χ3n) is 3.13. The fraction of sp³-hybridized carbons (Fsp3) is 0.167. The van der Waals surface area contributed by atoms with Crippen molar-refractivity contribution in [3.63, 3.8) is 0 Å². The number of carbonyl (C=O) groups excluding carboxylic acids is 2. The van der Waals surface area contributed by atoms with Crippen LogP contribution in [0.4, 0.5) is 5.69 Å². The first-order valence-electron chi connectivity index (χ1n) is 7.38. The minimum Gasteiger partial charge on any atom is -0.326 e. The van der Waals surface area contributed by atoms with Gasteiger partial charge in [-0.25, -0.2) is 5.43 Å². The maximum atomic E-state index is 11.9. The Balaban J connectivity index is 1.77. The van der Waals surface area contributed by atoms with Gasteiger partial charge in [-0.05, 0) is 42.7 Å². The van der Waals surface area contributed by atoms with Gasteiger partial charge in [-0.2, -0.15) is 5.10 Å². The molecular weight excluding hydrogens is 290 g/mol. The summed E-state index contributed by atoms with van der Waals surface area (Å²) in [7, 11) is 0. The van der Waals surface area contributed by atoms with Crippen LogP contribution >= 0.6 is 0 Å². The van der Waals surface area contributed by atoms with E-state index < -0.39 is 0 Å². The highest BCUT2D eigenvalue weighted by Crippen LogP contribution is 2.09. The number of carbonyl (C=O) groups is 2. The van der Waals surface area contributed by atoms with Gasteiger partial charge >= 0.3 is 0 Å². The Morgan fingerprint density at radius 1 is 1.04 bits per heavy atom. The molecule has 2 N–H and O–H groups in total. The van der Waals surface area contributed by atoms with Gasteiger partial charge in [-0.3, -0.25) is 9.59 Å². The van der Waals surface area contributed by atoms with Gasteiger partial charge in [-0.15, -0.1) is 0 Å². The Kier molecular flexibility index (Phi) is 6.06. The third kappa shape index (κ3) is 5.74. The lowest BCUT2D eigenvalue weighted by Gasteiger charge is -2.03. The minimum atomic E-state index is -0.282. The Morgan fingerprint density at radius 3 is 2.39 bits per heavy atom. The van der Waals surface area contributed by atoms with Crippen LogP contribution in [0.3, 0.4) is 0 Å². The molecule has 5 nitrogen and oxygen atoms in total. The van der Waals surface area contributed by atoms with Crippen molar-refractivity contribution < 1.29 is 9.59 Å². The highest BCUT2D eigenvalue weighted by Gasteiger charge is 2.04. The molecular formula is C18H19N3O2. The van der Waals surface area contributed by atoms with Crippen LogP contribution in [0, 0.1) is 0 Å². The normalized spacial score (nSPS) is 10.5. The minimum absolute atomic E-state index is 0.148. The molecule has 0 fully saturated rings. The summed E-state index contributed by atoms with van der Waals surface area (Å²) in [5, 5.41) is 6.59. The predicted octanol–water partition coefficient (Wildman–Crippen LogP) is 2.99. The molecule has 2 aromatic carbocycles. The van der Waals surface area contributed by atoms with E-state index in [4.69, 9.17) is 0 Å². The van der Waals surface area contributed by atoms with E-state index in [0.29, 0.717) is 11.3 Å². The van der Waals surface area contributed by atoms with Crippen molar-refractivity contribution in [2.45, 2.75) is 19.8 Å². The smallest absolute Gasteiger partial charge is 0.271 e. The molecule has 2 rings (SSSR count). The molecule has 0 aliphatic rings. The van der Waals surface area contributed by atoms with Crippen molar-refractivity contribution in [3.8, 4) is 0 Å².